The summed E-state index contributed by atoms with van der Waals surface area (Å²) in [5, 5.41) is 1.07. The second kappa shape index (κ2) is 8.09. The van der Waals surface area contributed by atoms with E-state index < -0.39 is 0 Å². The topological polar surface area (TPSA) is 41.4 Å². The van der Waals surface area contributed by atoms with Crippen molar-refractivity contribution < 1.29 is 0 Å². The van der Waals surface area contributed by atoms with Gasteiger partial charge in [0.15, 0.2) is 0 Å². The second-order valence-electron chi connectivity index (χ2n) is 7.07. The molecule has 2 aliphatic rings. The van der Waals surface area contributed by atoms with Gasteiger partial charge in [-0.25, -0.2) is 4.98 Å². The fourth-order valence-electron chi connectivity index (χ4n) is 3.44. The van der Waals surface area contributed by atoms with Gasteiger partial charge in [-0.3, -0.25) is 14.9 Å². The van der Waals surface area contributed by atoms with Crippen LogP contribution in [0.25, 0.3) is 10.6 Å². The molecule has 0 radical (unpaired) electrons. The summed E-state index contributed by atoms with van der Waals surface area (Å²) in [6.45, 7) is 5.46. The zero-order chi connectivity index (χ0) is 18.8. The molecule has 1 aliphatic heterocycles. The number of likely N-dealkylation sites (N-methyl/N-ethyl adjacent to an activating group) is 1. The van der Waals surface area contributed by atoms with Crippen LogP contribution in [0.3, 0.4) is 0 Å². The molecule has 0 bridgehead atoms. The Hall–Kier alpha value is -1.76. The fourth-order valence-corrected chi connectivity index (χ4v) is 5.17. The summed E-state index contributed by atoms with van der Waals surface area (Å²) >= 11 is 3.52. The van der Waals surface area contributed by atoms with Crippen LogP contribution in [0, 0.1) is 6.92 Å². The predicted octanol–water partition coefficient (Wildman–Crippen LogP) is 4.73. The number of hydrogen-bond donors (Lipinski definition) is 0. The largest absolute Gasteiger partial charge is 0.300 e. The second-order valence-corrected chi connectivity index (χ2v) is 9.19. The molecule has 0 aromatic carbocycles. The lowest BCUT2D eigenvalue weighted by Gasteiger charge is -2.29. The van der Waals surface area contributed by atoms with Crippen LogP contribution in [0.2, 0.25) is 0 Å². The van der Waals surface area contributed by atoms with Crippen LogP contribution < -0.4 is 0 Å². The van der Waals surface area contributed by atoms with E-state index in [2.05, 4.69) is 54.0 Å². The Morgan fingerprint density at radius 3 is 3.04 bits per heavy atom. The number of hydrogen-bond acceptors (Lipinski definition) is 6. The third-order valence-corrected chi connectivity index (χ3v) is 7.32. The van der Waals surface area contributed by atoms with Crippen LogP contribution in [0.1, 0.15) is 23.9 Å². The Morgan fingerprint density at radius 1 is 1.33 bits per heavy atom. The maximum Gasteiger partial charge on any atom is 0.125 e. The predicted molar refractivity (Wildman–Crippen MR) is 117 cm³/mol. The summed E-state index contributed by atoms with van der Waals surface area (Å²) in [5.74, 6) is 0. The summed E-state index contributed by atoms with van der Waals surface area (Å²) in [6, 6.07) is 4.81. The van der Waals surface area contributed by atoms with Gasteiger partial charge in [-0.15, -0.1) is 11.3 Å². The van der Waals surface area contributed by atoms with E-state index in [4.69, 9.17) is 4.98 Å². The number of fused-ring (bicyclic) bond motifs is 1. The van der Waals surface area contributed by atoms with Gasteiger partial charge >= 0.3 is 0 Å². The minimum atomic E-state index is 0.355. The number of allylic oxidation sites excluding steroid dienone is 2. The van der Waals surface area contributed by atoms with Crippen molar-refractivity contribution in [1.29, 1.82) is 0 Å². The van der Waals surface area contributed by atoms with Crippen molar-refractivity contribution in [3.05, 3.63) is 57.7 Å². The van der Waals surface area contributed by atoms with Crippen LogP contribution in [-0.4, -0.2) is 46.1 Å². The average Bonchev–Trinajstić information content (AvgIpc) is 3.32. The summed E-state index contributed by atoms with van der Waals surface area (Å²) in [7, 11) is 2.21. The zero-order valence-electron chi connectivity index (χ0n) is 15.9. The van der Waals surface area contributed by atoms with Gasteiger partial charge in [-0.2, -0.15) is 0 Å². The van der Waals surface area contributed by atoms with E-state index in [-0.39, 0.29) is 0 Å². The van der Waals surface area contributed by atoms with Crippen LogP contribution in [-0.2, 0) is 6.42 Å². The summed E-state index contributed by atoms with van der Waals surface area (Å²) in [6.07, 6.45) is 10.2. The van der Waals surface area contributed by atoms with Gasteiger partial charge in [0, 0.05) is 46.7 Å². The van der Waals surface area contributed by atoms with Crippen molar-refractivity contribution in [2.45, 2.75) is 38.8 Å². The molecule has 4 rings (SSSR count). The molecule has 2 aromatic heterocycles. The van der Waals surface area contributed by atoms with Gasteiger partial charge < -0.3 is 0 Å². The monoisotopic (exact) mass is 396 g/mol. The fraction of sp³-hybridized carbons (Fsp3) is 0.381. The Balaban J connectivity index is 1.39. The summed E-state index contributed by atoms with van der Waals surface area (Å²) in [5.41, 5.74) is 5.75. The van der Waals surface area contributed by atoms with E-state index in [9.17, 15) is 0 Å². The Kier molecular flexibility index (Phi) is 5.57. The van der Waals surface area contributed by atoms with Crippen LogP contribution in [0.15, 0.2) is 52.1 Å². The van der Waals surface area contributed by atoms with E-state index in [1.807, 2.05) is 17.8 Å². The molecule has 0 N–H and O–H groups in total. The van der Waals surface area contributed by atoms with Gasteiger partial charge in [0.25, 0.3) is 0 Å². The van der Waals surface area contributed by atoms with Crippen molar-refractivity contribution in [3.8, 4) is 10.6 Å². The Bertz CT molecular complexity index is 898. The van der Waals surface area contributed by atoms with Crippen molar-refractivity contribution in [2.75, 3.05) is 13.6 Å². The van der Waals surface area contributed by atoms with Gasteiger partial charge in [-0.1, -0.05) is 29.5 Å². The molecule has 2 unspecified atom stereocenters. The van der Waals surface area contributed by atoms with Crippen molar-refractivity contribution in [1.82, 2.24) is 14.9 Å². The number of aromatic nitrogens is 2. The number of thiazole rings is 1. The first-order valence-electron chi connectivity index (χ1n) is 9.27. The standard InChI is InChI=1S/C21H24N4S2/c1-14(16-6-7-20-19(11-16)23-13-26-20)25(3)10-8-18-15(2)27-21(24-18)17-5-4-9-22-12-17/h4-7,9,12-14,19H,8,10-11H2,1-3H3. The number of thioether (sulfide) groups is 1. The maximum absolute atomic E-state index is 4.87. The van der Waals surface area contributed by atoms with Crippen LogP contribution in [0.4, 0.5) is 0 Å². The van der Waals surface area contributed by atoms with Gasteiger partial charge in [0.2, 0.25) is 0 Å². The number of aliphatic imine (C=N–C) groups is 1. The van der Waals surface area contributed by atoms with E-state index in [1.54, 1.807) is 29.3 Å². The lowest BCUT2D eigenvalue weighted by atomic mass is 9.94. The SMILES string of the molecule is Cc1sc(-c2cccnc2)nc1CCN(C)C(C)C1=CC=C2SC=NC2C1. The molecule has 2 atom stereocenters. The molecule has 27 heavy (non-hydrogen) atoms. The third-order valence-electron chi connectivity index (χ3n) is 5.35. The molecule has 6 heteroatoms. The average molecular weight is 397 g/mol. The molecule has 0 fully saturated rings. The molecule has 3 heterocycles. The van der Waals surface area contributed by atoms with Crippen molar-refractivity contribution >= 4 is 28.6 Å². The lowest BCUT2D eigenvalue weighted by molar-refractivity contribution is 0.284. The molecular formula is C21H24N4S2. The maximum atomic E-state index is 4.87. The zero-order valence-corrected chi connectivity index (χ0v) is 17.6. The van der Waals surface area contributed by atoms with E-state index in [0.717, 1.165) is 30.0 Å². The Morgan fingerprint density at radius 2 is 2.22 bits per heavy atom. The van der Waals surface area contributed by atoms with Gasteiger partial charge in [-0.05, 0) is 39.4 Å². The smallest absolute Gasteiger partial charge is 0.125 e. The molecule has 2 aromatic rings. The quantitative estimate of drug-likeness (QED) is 0.708. The number of aryl methyl sites for hydroxylation is 1. The van der Waals surface area contributed by atoms with Gasteiger partial charge in [0.05, 0.1) is 17.3 Å². The first kappa shape index (κ1) is 18.6. The minimum Gasteiger partial charge on any atom is -0.300 e. The van der Waals surface area contributed by atoms with Crippen LogP contribution >= 0.6 is 23.1 Å². The molecule has 0 spiro atoms. The number of rotatable bonds is 6. The van der Waals surface area contributed by atoms with E-state index >= 15 is 0 Å². The van der Waals surface area contributed by atoms with Crippen LogP contribution in [0.5, 0.6) is 0 Å². The van der Waals surface area contributed by atoms with Gasteiger partial charge in [0.1, 0.15) is 5.01 Å². The van der Waals surface area contributed by atoms with E-state index in [0.29, 0.717) is 12.1 Å². The molecule has 140 valence electrons. The molecular weight excluding hydrogens is 372 g/mol. The number of pyridine rings is 1. The highest BCUT2D eigenvalue weighted by Crippen LogP contribution is 2.35. The first-order chi connectivity index (χ1) is 13.1. The molecule has 0 saturated carbocycles. The molecule has 4 nitrogen and oxygen atoms in total. The Labute approximate surface area is 169 Å². The summed E-state index contributed by atoms with van der Waals surface area (Å²) in [4.78, 5) is 18.8. The highest BCUT2D eigenvalue weighted by molar-refractivity contribution is 8.15. The number of nitrogens with zero attached hydrogens (tertiary/aromatic N) is 4. The molecule has 0 amide bonds. The lowest BCUT2D eigenvalue weighted by Crippen LogP contribution is -2.34. The normalized spacial score (nSPS) is 19.8. The third kappa shape index (κ3) is 4.08. The molecule has 1 aliphatic carbocycles. The highest BCUT2D eigenvalue weighted by Gasteiger charge is 2.25. The van der Waals surface area contributed by atoms with E-state index in [1.165, 1.54) is 21.0 Å². The minimum absolute atomic E-state index is 0.355. The first-order valence-corrected chi connectivity index (χ1v) is 11.0. The van der Waals surface area contributed by atoms with Crippen molar-refractivity contribution in [3.63, 3.8) is 0 Å². The van der Waals surface area contributed by atoms with Crippen molar-refractivity contribution in [2.24, 2.45) is 4.99 Å². The molecule has 0 saturated heterocycles. The summed E-state index contributed by atoms with van der Waals surface area (Å²) < 4.78 is 0. The highest BCUT2D eigenvalue weighted by atomic mass is 32.2.